The van der Waals surface area contributed by atoms with Crippen molar-refractivity contribution < 1.29 is 14.6 Å². The number of piperazine rings is 1. The molecule has 1 fully saturated rings. The molecule has 134 valence electrons. The predicted octanol–water partition coefficient (Wildman–Crippen LogP) is 2.47. The molecule has 2 aromatic carbocycles. The summed E-state index contributed by atoms with van der Waals surface area (Å²) in [5.74, 6) is -0.440. The molecule has 0 saturated carbocycles. The molecular formula is C17H16N4O5. The van der Waals surface area contributed by atoms with E-state index in [0.717, 1.165) is 23.9 Å². The van der Waals surface area contributed by atoms with E-state index >= 15 is 0 Å². The average molecular weight is 356 g/mol. The number of amides is 1. The Balaban J connectivity index is 1.76. The first-order valence-corrected chi connectivity index (χ1v) is 7.99. The Kier molecular flexibility index (Phi) is 4.78. The van der Waals surface area contributed by atoms with E-state index in [2.05, 4.69) is 4.90 Å². The van der Waals surface area contributed by atoms with E-state index in [-0.39, 0.29) is 5.56 Å². The van der Waals surface area contributed by atoms with Gasteiger partial charge in [-0.1, -0.05) is 18.2 Å². The van der Waals surface area contributed by atoms with Gasteiger partial charge in [0, 0.05) is 44.0 Å². The number of nitro benzene ring substituents is 2. The van der Waals surface area contributed by atoms with Crippen molar-refractivity contribution in [3.8, 4) is 0 Å². The van der Waals surface area contributed by atoms with Gasteiger partial charge in [-0.15, -0.1) is 0 Å². The molecule has 1 aliphatic heterocycles. The quantitative estimate of drug-likeness (QED) is 0.615. The van der Waals surface area contributed by atoms with Gasteiger partial charge in [0.25, 0.3) is 17.3 Å². The lowest BCUT2D eigenvalue weighted by Crippen LogP contribution is -2.48. The third-order valence-corrected chi connectivity index (χ3v) is 4.26. The minimum Gasteiger partial charge on any atom is -0.368 e. The minimum absolute atomic E-state index is 0.0425. The summed E-state index contributed by atoms with van der Waals surface area (Å²) in [5, 5.41) is 22.0. The van der Waals surface area contributed by atoms with Crippen LogP contribution in [0.3, 0.4) is 0 Å². The van der Waals surface area contributed by atoms with Gasteiger partial charge in [-0.3, -0.25) is 25.0 Å². The Bertz CT molecular complexity index is 815. The first kappa shape index (κ1) is 17.3. The van der Waals surface area contributed by atoms with Crippen LogP contribution in [0, 0.1) is 20.2 Å². The number of nitro groups is 2. The molecule has 1 amide bonds. The molecule has 0 radical (unpaired) electrons. The van der Waals surface area contributed by atoms with Crippen LogP contribution >= 0.6 is 0 Å². The molecule has 0 aromatic heterocycles. The fraction of sp³-hybridized carbons (Fsp3) is 0.235. The molecule has 1 heterocycles. The molecule has 1 saturated heterocycles. The molecule has 0 aliphatic carbocycles. The first-order chi connectivity index (χ1) is 12.5. The van der Waals surface area contributed by atoms with Gasteiger partial charge in [-0.25, -0.2) is 0 Å². The minimum atomic E-state index is -0.739. The highest BCUT2D eigenvalue weighted by Gasteiger charge is 2.26. The zero-order valence-corrected chi connectivity index (χ0v) is 13.8. The van der Waals surface area contributed by atoms with Gasteiger partial charge in [0.1, 0.15) is 0 Å². The van der Waals surface area contributed by atoms with Crippen LogP contribution in [0.2, 0.25) is 0 Å². The molecule has 26 heavy (non-hydrogen) atoms. The number of carbonyl (C=O) groups excluding carboxylic acids is 1. The summed E-state index contributed by atoms with van der Waals surface area (Å²) in [6, 6.07) is 12.8. The van der Waals surface area contributed by atoms with Gasteiger partial charge in [0.15, 0.2) is 0 Å². The van der Waals surface area contributed by atoms with Crippen molar-refractivity contribution in [3.63, 3.8) is 0 Å². The second-order valence-corrected chi connectivity index (χ2v) is 5.87. The second kappa shape index (κ2) is 7.18. The second-order valence-electron chi connectivity index (χ2n) is 5.87. The highest BCUT2D eigenvalue weighted by Crippen LogP contribution is 2.24. The van der Waals surface area contributed by atoms with E-state index in [9.17, 15) is 25.0 Å². The fourth-order valence-corrected chi connectivity index (χ4v) is 2.92. The van der Waals surface area contributed by atoms with E-state index < -0.39 is 27.1 Å². The van der Waals surface area contributed by atoms with Crippen molar-refractivity contribution in [1.82, 2.24) is 4.90 Å². The van der Waals surface area contributed by atoms with Gasteiger partial charge in [-0.05, 0) is 12.1 Å². The Labute approximate surface area is 148 Å². The van der Waals surface area contributed by atoms with Crippen molar-refractivity contribution in [2.45, 2.75) is 0 Å². The number of carbonyl (C=O) groups is 1. The average Bonchev–Trinajstić information content (AvgIpc) is 2.67. The van der Waals surface area contributed by atoms with E-state index in [0.29, 0.717) is 26.2 Å². The number of rotatable bonds is 4. The summed E-state index contributed by atoms with van der Waals surface area (Å²) in [6.45, 7) is 2.11. The SMILES string of the molecule is O=C(c1cc([N+](=O)[O-])cc([N+](=O)[O-])c1)N1CCN(c2ccccc2)CC1. The standard InChI is InChI=1S/C17H16N4O5/c22-17(13-10-15(20(23)24)12-16(11-13)21(25)26)19-8-6-18(7-9-19)14-4-2-1-3-5-14/h1-5,10-12H,6-9H2. The molecular weight excluding hydrogens is 340 g/mol. The number of non-ortho nitro benzene ring substituents is 2. The van der Waals surface area contributed by atoms with E-state index in [1.165, 1.54) is 0 Å². The summed E-state index contributed by atoms with van der Waals surface area (Å²) in [4.78, 5) is 36.8. The third-order valence-electron chi connectivity index (χ3n) is 4.26. The highest BCUT2D eigenvalue weighted by molar-refractivity contribution is 5.95. The number of hydrogen-bond acceptors (Lipinski definition) is 6. The maximum atomic E-state index is 12.7. The molecule has 2 aromatic rings. The van der Waals surface area contributed by atoms with Crippen molar-refractivity contribution in [2.75, 3.05) is 31.1 Å². The van der Waals surface area contributed by atoms with Crippen LogP contribution in [0.4, 0.5) is 17.1 Å². The number of nitrogens with zero attached hydrogens (tertiary/aromatic N) is 4. The number of anilines is 1. The van der Waals surface area contributed by atoms with E-state index in [4.69, 9.17) is 0 Å². The van der Waals surface area contributed by atoms with Crippen LogP contribution < -0.4 is 4.90 Å². The summed E-state index contributed by atoms with van der Waals surface area (Å²) < 4.78 is 0. The smallest absolute Gasteiger partial charge is 0.277 e. The topological polar surface area (TPSA) is 110 Å². The maximum absolute atomic E-state index is 12.7. The molecule has 0 N–H and O–H groups in total. The fourth-order valence-electron chi connectivity index (χ4n) is 2.92. The predicted molar refractivity (Wildman–Crippen MR) is 94.3 cm³/mol. The largest absolute Gasteiger partial charge is 0.368 e. The Hall–Kier alpha value is -3.49. The van der Waals surface area contributed by atoms with Crippen LogP contribution in [-0.4, -0.2) is 46.8 Å². The lowest BCUT2D eigenvalue weighted by Gasteiger charge is -2.36. The molecule has 0 spiro atoms. The van der Waals surface area contributed by atoms with Crippen LogP contribution in [-0.2, 0) is 0 Å². The number of para-hydroxylation sites is 1. The highest BCUT2D eigenvalue weighted by atomic mass is 16.6. The summed E-state index contributed by atoms with van der Waals surface area (Å²) in [6.07, 6.45) is 0. The Morgan fingerprint density at radius 1 is 0.846 bits per heavy atom. The van der Waals surface area contributed by atoms with Gasteiger partial charge in [0.05, 0.1) is 21.5 Å². The summed E-state index contributed by atoms with van der Waals surface area (Å²) >= 11 is 0. The molecule has 9 nitrogen and oxygen atoms in total. The molecule has 0 atom stereocenters. The Morgan fingerprint density at radius 3 is 1.88 bits per heavy atom. The van der Waals surface area contributed by atoms with Crippen molar-refractivity contribution in [3.05, 3.63) is 74.3 Å². The molecule has 0 unspecified atom stereocenters. The monoisotopic (exact) mass is 356 g/mol. The zero-order chi connectivity index (χ0) is 18.7. The van der Waals surface area contributed by atoms with Crippen molar-refractivity contribution in [2.24, 2.45) is 0 Å². The molecule has 3 rings (SSSR count). The zero-order valence-electron chi connectivity index (χ0n) is 13.8. The van der Waals surface area contributed by atoms with Crippen LogP contribution in [0.5, 0.6) is 0 Å². The van der Waals surface area contributed by atoms with Gasteiger partial charge in [-0.2, -0.15) is 0 Å². The normalized spacial score (nSPS) is 14.2. The van der Waals surface area contributed by atoms with Crippen molar-refractivity contribution >= 4 is 23.0 Å². The van der Waals surface area contributed by atoms with E-state index in [1.54, 1.807) is 4.90 Å². The first-order valence-electron chi connectivity index (χ1n) is 7.99. The van der Waals surface area contributed by atoms with Gasteiger partial charge >= 0.3 is 0 Å². The van der Waals surface area contributed by atoms with E-state index in [1.807, 2.05) is 30.3 Å². The lowest BCUT2D eigenvalue weighted by atomic mass is 10.1. The van der Waals surface area contributed by atoms with Gasteiger partial charge < -0.3 is 9.80 Å². The maximum Gasteiger partial charge on any atom is 0.277 e. The summed E-state index contributed by atoms with van der Waals surface area (Å²) in [5.41, 5.74) is 0.0839. The Morgan fingerprint density at radius 2 is 1.38 bits per heavy atom. The molecule has 0 bridgehead atoms. The third kappa shape index (κ3) is 3.61. The molecule has 9 heteroatoms. The van der Waals surface area contributed by atoms with Crippen molar-refractivity contribution in [1.29, 1.82) is 0 Å². The molecule has 1 aliphatic rings. The van der Waals surface area contributed by atoms with Crippen LogP contribution in [0.15, 0.2) is 48.5 Å². The van der Waals surface area contributed by atoms with Gasteiger partial charge in [0.2, 0.25) is 0 Å². The number of hydrogen-bond donors (Lipinski definition) is 0. The number of benzene rings is 2. The summed E-state index contributed by atoms with van der Waals surface area (Å²) in [7, 11) is 0. The van der Waals surface area contributed by atoms with Crippen LogP contribution in [0.1, 0.15) is 10.4 Å². The van der Waals surface area contributed by atoms with Crippen LogP contribution in [0.25, 0.3) is 0 Å². The lowest BCUT2D eigenvalue weighted by molar-refractivity contribution is -0.394.